The average Bonchev–Trinajstić information content (AvgIpc) is 3.01. The molecule has 1 saturated heterocycles. The molecule has 1 atom stereocenters. The Balaban J connectivity index is 1.59. The predicted octanol–water partition coefficient (Wildman–Crippen LogP) is 1.31. The van der Waals surface area contributed by atoms with Gasteiger partial charge in [0.2, 0.25) is 0 Å². The third kappa shape index (κ3) is 2.11. The van der Waals surface area contributed by atoms with Crippen LogP contribution in [0.15, 0.2) is 18.2 Å². The fraction of sp³-hybridized carbons (Fsp3) is 0.583. The zero-order valence-electron chi connectivity index (χ0n) is 9.39. The summed E-state index contributed by atoms with van der Waals surface area (Å²) in [6.45, 7) is 2.38. The molecule has 1 aliphatic heterocycles. The first-order valence-electron chi connectivity index (χ1n) is 6.04. The van der Waals surface area contributed by atoms with Gasteiger partial charge in [-0.2, -0.15) is 0 Å². The third-order valence-corrected chi connectivity index (χ3v) is 3.41. The fourth-order valence-electron chi connectivity index (χ4n) is 2.42. The number of nitrogens with one attached hydrogen (secondary N) is 1. The Morgan fingerprint density at radius 3 is 2.94 bits per heavy atom. The summed E-state index contributed by atoms with van der Waals surface area (Å²) in [4.78, 5) is 6.86. The molecule has 4 heteroatoms. The molecule has 2 aliphatic rings. The first-order valence-corrected chi connectivity index (χ1v) is 6.04. The number of rotatable bonds is 3. The fourth-order valence-corrected chi connectivity index (χ4v) is 2.42. The molecule has 3 N–H and O–H groups in total. The molecular weight excluding hydrogens is 200 g/mol. The smallest absolute Gasteiger partial charge is 0.128 e. The Morgan fingerprint density at radius 1 is 1.31 bits per heavy atom. The quantitative estimate of drug-likeness (QED) is 0.803. The third-order valence-electron chi connectivity index (χ3n) is 3.41. The first kappa shape index (κ1) is 9.90. The van der Waals surface area contributed by atoms with E-state index in [1.54, 1.807) is 0 Å². The normalized spacial score (nSPS) is 25.9. The molecule has 0 bridgehead atoms. The Bertz CT molecular complexity index is 375. The minimum absolute atomic E-state index is 0.537. The number of nitrogen functional groups attached to an aromatic ring is 1. The zero-order valence-corrected chi connectivity index (χ0v) is 9.39. The summed E-state index contributed by atoms with van der Waals surface area (Å²) < 4.78 is 0. The lowest BCUT2D eigenvalue weighted by Crippen LogP contribution is -2.28. The van der Waals surface area contributed by atoms with Gasteiger partial charge in [0.1, 0.15) is 11.6 Å². The molecule has 2 heterocycles. The summed E-state index contributed by atoms with van der Waals surface area (Å²) in [6.07, 6.45) is 4.00. The van der Waals surface area contributed by atoms with Crippen LogP contribution < -0.4 is 11.1 Å². The standard InChI is InChI=1S/C12H18N4/c13-11-2-1-3-12(15-11)14-9-6-7-16(8-9)10-4-5-10/h1-3,9-10H,4-8H2,(H3,13,14,15). The van der Waals surface area contributed by atoms with Gasteiger partial charge < -0.3 is 11.1 Å². The molecule has 3 rings (SSSR count). The Hall–Kier alpha value is -1.29. The first-order chi connectivity index (χ1) is 7.81. The van der Waals surface area contributed by atoms with Gasteiger partial charge >= 0.3 is 0 Å². The number of hydrogen-bond donors (Lipinski definition) is 2. The van der Waals surface area contributed by atoms with E-state index >= 15 is 0 Å². The van der Waals surface area contributed by atoms with Crippen LogP contribution in [-0.4, -0.2) is 35.1 Å². The number of aromatic nitrogens is 1. The van der Waals surface area contributed by atoms with E-state index in [1.807, 2.05) is 18.2 Å². The molecular formula is C12H18N4. The van der Waals surface area contributed by atoms with Crippen LogP contribution in [0.3, 0.4) is 0 Å². The molecule has 1 aromatic heterocycles. The molecule has 1 aromatic rings. The van der Waals surface area contributed by atoms with Crippen LogP contribution in [0.25, 0.3) is 0 Å². The van der Waals surface area contributed by atoms with Crippen molar-refractivity contribution in [2.24, 2.45) is 0 Å². The summed E-state index contributed by atoms with van der Waals surface area (Å²) >= 11 is 0. The zero-order chi connectivity index (χ0) is 11.0. The maximum atomic E-state index is 5.66. The maximum absolute atomic E-state index is 5.66. The highest BCUT2D eigenvalue weighted by Crippen LogP contribution is 2.30. The molecule has 1 unspecified atom stereocenters. The van der Waals surface area contributed by atoms with E-state index in [1.165, 1.54) is 25.8 Å². The van der Waals surface area contributed by atoms with Gasteiger partial charge in [-0.3, -0.25) is 4.90 Å². The van der Waals surface area contributed by atoms with Crippen LogP contribution in [0.1, 0.15) is 19.3 Å². The molecule has 0 radical (unpaired) electrons. The highest BCUT2D eigenvalue weighted by Gasteiger charge is 2.34. The number of pyridine rings is 1. The number of nitrogens with zero attached hydrogens (tertiary/aromatic N) is 2. The molecule has 0 aromatic carbocycles. The lowest BCUT2D eigenvalue weighted by atomic mass is 10.2. The molecule has 16 heavy (non-hydrogen) atoms. The van der Waals surface area contributed by atoms with Crippen molar-refractivity contribution in [3.05, 3.63) is 18.2 Å². The van der Waals surface area contributed by atoms with Crippen LogP contribution in [0.2, 0.25) is 0 Å². The van der Waals surface area contributed by atoms with Crippen LogP contribution >= 0.6 is 0 Å². The van der Waals surface area contributed by atoms with E-state index in [0.29, 0.717) is 11.9 Å². The van der Waals surface area contributed by atoms with Gasteiger partial charge in [-0.1, -0.05) is 6.07 Å². The Kier molecular flexibility index (Phi) is 2.44. The SMILES string of the molecule is Nc1cccc(NC2CCN(C3CC3)C2)n1. The summed E-state index contributed by atoms with van der Waals surface area (Å²) in [5.74, 6) is 1.49. The molecule has 0 amide bonds. The molecule has 0 spiro atoms. The summed E-state index contributed by atoms with van der Waals surface area (Å²) in [5.41, 5.74) is 5.66. The van der Waals surface area contributed by atoms with Crippen molar-refractivity contribution in [2.45, 2.75) is 31.3 Å². The monoisotopic (exact) mass is 218 g/mol. The Labute approximate surface area is 95.8 Å². The Morgan fingerprint density at radius 2 is 2.19 bits per heavy atom. The number of hydrogen-bond acceptors (Lipinski definition) is 4. The molecule has 1 aliphatic carbocycles. The van der Waals surface area contributed by atoms with Gasteiger partial charge in [0.15, 0.2) is 0 Å². The molecule has 86 valence electrons. The minimum Gasteiger partial charge on any atom is -0.384 e. The van der Waals surface area contributed by atoms with E-state index in [9.17, 15) is 0 Å². The van der Waals surface area contributed by atoms with Crippen LogP contribution in [0.5, 0.6) is 0 Å². The summed E-state index contributed by atoms with van der Waals surface area (Å²) in [6, 6.07) is 7.15. The van der Waals surface area contributed by atoms with Gasteiger partial charge in [0.25, 0.3) is 0 Å². The van der Waals surface area contributed by atoms with Crippen molar-refractivity contribution in [1.82, 2.24) is 9.88 Å². The lowest BCUT2D eigenvalue weighted by molar-refractivity contribution is 0.326. The van der Waals surface area contributed by atoms with Crippen molar-refractivity contribution < 1.29 is 0 Å². The minimum atomic E-state index is 0.537. The topological polar surface area (TPSA) is 54.2 Å². The second-order valence-electron chi connectivity index (χ2n) is 4.80. The van der Waals surface area contributed by atoms with Crippen molar-refractivity contribution in [2.75, 3.05) is 24.1 Å². The van der Waals surface area contributed by atoms with Gasteiger partial charge in [-0.15, -0.1) is 0 Å². The van der Waals surface area contributed by atoms with Gasteiger partial charge in [-0.25, -0.2) is 4.98 Å². The van der Waals surface area contributed by atoms with Crippen LogP contribution in [0, 0.1) is 0 Å². The molecule has 4 nitrogen and oxygen atoms in total. The van der Waals surface area contributed by atoms with Gasteiger partial charge in [0, 0.05) is 25.2 Å². The van der Waals surface area contributed by atoms with E-state index < -0.39 is 0 Å². The highest BCUT2D eigenvalue weighted by molar-refractivity contribution is 5.43. The summed E-state index contributed by atoms with van der Waals surface area (Å²) in [5, 5.41) is 3.46. The van der Waals surface area contributed by atoms with Gasteiger partial charge in [-0.05, 0) is 31.4 Å². The van der Waals surface area contributed by atoms with Crippen molar-refractivity contribution in [3.63, 3.8) is 0 Å². The molecule has 2 fully saturated rings. The van der Waals surface area contributed by atoms with Crippen molar-refractivity contribution in [1.29, 1.82) is 0 Å². The average molecular weight is 218 g/mol. The van der Waals surface area contributed by atoms with E-state index in [4.69, 9.17) is 5.73 Å². The number of nitrogens with two attached hydrogens (primary N) is 1. The van der Waals surface area contributed by atoms with E-state index in [-0.39, 0.29) is 0 Å². The van der Waals surface area contributed by atoms with Gasteiger partial charge in [0.05, 0.1) is 0 Å². The maximum Gasteiger partial charge on any atom is 0.128 e. The predicted molar refractivity (Wildman–Crippen MR) is 65.3 cm³/mol. The molecule has 1 saturated carbocycles. The van der Waals surface area contributed by atoms with Crippen LogP contribution in [0.4, 0.5) is 11.6 Å². The second-order valence-corrected chi connectivity index (χ2v) is 4.80. The highest BCUT2D eigenvalue weighted by atomic mass is 15.2. The lowest BCUT2D eigenvalue weighted by Gasteiger charge is -2.16. The van der Waals surface area contributed by atoms with E-state index in [0.717, 1.165) is 18.4 Å². The number of anilines is 2. The number of likely N-dealkylation sites (tertiary alicyclic amines) is 1. The van der Waals surface area contributed by atoms with E-state index in [2.05, 4.69) is 15.2 Å². The van der Waals surface area contributed by atoms with Crippen molar-refractivity contribution in [3.8, 4) is 0 Å². The largest absolute Gasteiger partial charge is 0.384 e. The summed E-state index contributed by atoms with van der Waals surface area (Å²) in [7, 11) is 0. The van der Waals surface area contributed by atoms with Crippen molar-refractivity contribution >= 4 is 11.6 Å². The second kappa shape index (κ2) is 3.94. The van der Waals surface area contributed by atoms with Crippen LogP contribution in [-0.2, 0) is 0 Å².